The van der Waals surface area contributed by atoms with Crippen LogP contribution in [0.4, 0.5) is 0 Å². The molecule has 118 valence electrons. The van der Waals surface area contributed by atoms with Crippen molar-refractivity contribution in [1.82, 2.24) is 4.90 Å². The highest BCUT2D eigenvalue weighted by Crippen LogP contribution is 2.20. The Morgan fingerprint density at radius 3 is 2.70 bits per heavy atom. The van der Waals surface area contributed by atoms with Gasteiger partial charge in [-0.05, 0) is 18.1 Å². The maximum Gasteiger partial charge on any atom is 0.233 e. The van der Waals surface area contributed by atoms with Gasteiger partial charge in [-0.1, -0.05) is 71.9 Å². The summed E-state index contributed by atoms with van der Waals surface area (Å²) < 4.78 is 0. The van der Waals surface area contributed by atoms with Gasteiger partial charge in [0.25, 0.3) is 0 Å². The number of rotatable bonds is 4. The number of hydrogen-bond acceptors (Lipinski definition) is 3. The highest BCUT2D eigenvalue weighted by atomic mass is 32.2. The molecule has 1 heterocycles. The second kappa shape index (κ2) is 7.47. The van der Waals surface area contributed by atoms with E-state index in [2.05, 4.69) is 23.2 Å². The van der Waals surface area contributed by atoms with Gasteiger partial charge < -0.3 is 0 Å². The summed E-state index contributed by atoms with van der Waals surface area (Å²) >= 11 is 1.64. The van der Waals surface area contributed by atoms with Gasteiger partial charge in [0.05, 0.1) is 13.0 Å². The van der Waals surface area contributed by atoms with E-state index in [4.69, 9.17) is 0 Å². The van der Waals surface area contributed by atoms with Crippen LogP contribution in [-0.4, -0.2) is 29.1 Å². The largest absolute Gasteiger partial charge is 0.289 e. The Kier molecular flexibility index (Phi) is 5.13. The number of aliphatic imine (C=N–C) groups is 1. The van der Waals surface area contributed by atoms with Crippen LogP contribution in [0.2, 0.25) is 0 Å². The van der Waals surface area contributed by atoms with E-state index < -0.39 is 0 Å². The van der Waals surface area contributed by atoms with Crippen molar-refractivity contribution in [2.45, 2.75) is 19.1 Å². The Morgan fingerprint density at radius 1 is 1.13 bits per heavy atom. The fourth-order valence-electron chi connectivity index (χ4n) is 2.60. The molecule has 0 saturated carbocycles. The van der Waals surface area contributed by atoms with E-state index in [1.54, 1.807) is 11.8 Å². The van der Waals surface area contributed by atoms with Gasteiger partial charge in [-0.25, -0.2) is 0 Å². The first-order valence-electron chi connectivity index (χ1n) is 7.79. The number of aryl methyl sites for hydroxylation is 1. The third-order valence-corrected chi connectivity index (χ3v) is 4.84. The highest BCUT2D eigenvalue weighted by molar-refractivity contribution is 8.13. The summed E-state index contributed by atoms with van der Waals surface area (Å²) in [7, 11) is 0. The van der Waals surface area contributed by atoms with Crippen LogP contribution in [0.3, 0.4) is 0 Å². The van der Waals surface area contributed by atoms with Crippen molar-refractivity contribution in [1.29, 1.82) is 0 Å². The van der Waals surface area contributed by atoms with Crippen molar-refractivity contribution >= 4 is 22.8 Å². The fourth-order valence-corrected chi connectivity index (χ4v) is 3.62. The molecule has 2 aromatic rings. The molecule has 0 aliphatic carbocycles. The van der Waals surface area contributed by atoms with E-state index in [0.717, 1.165) is 16.5 Å². The number of hydrogen-bond donors (Lipinski definition) is 0. The summed E-state index contributed by atoms with van der Waals surface area (Å²) in [6, 6.07) is 18.4. The third-order valence-electron chi connectivity index (χ3n) is 3.75. The van der Waals surface area contributed by atoms with Crippen molar-refractivity contribution < 1.29 is 4.79 Å². The van der Waals surface area contributed by atoms with Crippen LogP contribution in [0.1, 0.15) is 16.7 Å². The third kappa shape index (κ3) is 4.23. The van der Waals surface area contributed by atoms with Crippen LogP contribution >= 0.6 is 11.8 Å². The first-order chi connectivity index (χ1) is 11.2. The first-order valence-corrected chi connectivity index (χ1v) is 8.78. The topological polar surface area (TPSA) is 32.7 Å². The Bertz CT molecular complexity index is 712. The van der Waals surface area contributed by atoms with E-state index in [-0.39, 0.29) is 5.91 Å². The predicted octanol–water partition coefficient (Wildman–Crippen LogP) is 3.67. The van der Waals surface area contributed by atoms with E-state index in [1.165, 1.54) is 11.1 Å². The highest BCUT2D eigenvalue weighted by Gasteiger charge is 2.23. The molecular weight excluding hydrogens is 304 g/mol. The van der Waals surface area contributed by atoms with E-state index in [1.807, 2.05) is 48.2 Å². The van der Waals surface area contributed by atoms with Gasteiger partial charge in [0, 0.05) is 12.3 Å². The fraction of sp³-hybridized carbons (Fsp3) is 0.263. The molecule has 0 fully saturated rings. The van der Waals surface area contributed by atoms with Crippen LogP contribution in [-0.2, 0) is 17.0 Å². The van der Waals surface area contributed by atoms with Crippen molar-refractivity contribution in [3.63, 3.8) is 0 Å². The molecule has 3 rings (SSSR count). The molecule has 0 unspecified atom stereocenters. The second-order valence-electron chi connectivity index (χ2n) is 5.65. The van der Waals surface area contributed by atoms with Gasteiger partial charge in [-0.2, -0.15) is 0 Å². The van der Waals surface area contributed by atoms with Crippen molar-refractivity contribution in [3.05, 3.63) is 71.3 Å². The van der Waals surface area contributed by atoms with Crippen LogP contribution < -0.4 is 0 Å². The van der Waals surface area contributed by atoms with Gasteiger partial charge in [0.15, 0.2) is 5.17 Å². The number of nitrogens with zero attached hydrogens (tertiary/aromatic N) is 2. The molecule has 0 spiro atoms. The molecule has 1 aliphatic rings. The summed E-state index contributed by atoms with van der Waals surface area (Å²) in [6.45, 7) is 3.45. The molecule has 0 saturated heterocycles. The van der Waals surface area contributed by atoms with E-state index >= 15 is 0 Å². The standard InChI is InChI=1S/C19H20N2OS/c1-15-6-5-9-17(12-15)13-18(22)21-11-10-20-19(21)23-14-16-7-3-2-4-8-16/h2-9,12H,10-11,13-14H2,1H3. The molecule has 0 atom stereocenters. The van der Waals surface area contributed by atoms with Crippen LogP contribution in [0, 0.1) is 6.92 Å². The molecule has 3 nitrogen and oxygen atoms in total. The molecule has 0 bridgehead atoms. The Labute approximate surface area is 141 Å². The zero-order chi connectivity index (χ0) is 16.1. The average molecular weight is 324 g/mol. The lowest BCUT2D eigenvalue weighted by Crippen LogP contribution is -2.34. The number of amidine groups is 1. The molecule has 0 aromatic heterocycles. The van der Waals surface area contributed by atoms with Crippen molar-refractivity contribution in [2.24, 2.45) is 4.99 Å². The lowest BCUT2D eigenvalue weighted by molar-refractivity contribution is -0.126. The zero-order valence-corrected chi connectivity index (χ0v) is 14.1. The maximum absolute atomic E-state index is 12.6. The minimum atomic E-state index is 0.132. The number of carbonyl (C=O) groups is 1. The SMILES string of the molecule is Cc1cccc(CC(=O)N2CCN=C2SCc2ccccc2)c1. The Morgan fingerprint density at radius 2 is 1.91 bits per heavy atom. The Balaban J connectivity index is 1.60. The second-order valence-corrected chi connectivity index (χ2v) is 6.59. The van der Waals surface area contributed by atoms with Gasteiger partial charge >= 0.3 is 0 Å². The molecule has 4 heteroatoms. The van der Waals surface area contributed by atoms with Crippen LogP contribution in [0.25, 0.3) is 0 Å². The predicted molar refractivity (Wildman–Crippen MR) is 96.6 cm³/mol. The van der Waals surface area contributed by atoms with E-state index in [0.29, 0.717) is 19.5 Å². The smallest absolute Gasteiger partial charge is 0.233 e. The zero-order valence-electron chi connectivity index (χ0n) is 13.2. The number of carbonyl (C=O) groups excluding carboxylic acids is 1. The van der Waals surface area contributed by atoms with Gasteiger partial charge in [-0.15, -0.1) is 0 Å². The molecule has 0 N–H and O–H groups in total. The minimum absolute atomic E-state index is 0.132. The summed E-state index contributed by atoms with van der Waals surface area (Å²) in [5.41, 5.74) is 3.50. The molecule has 1 amide bonds. The lowest BCUT2D eigenvalue weighted by Gasteiger charge is -2.18. The van der Waals surface area contributed by atoms with Gasteiger partial charge in [-0.3, -0.25) is 14.7 Å². The first kappa shape index (κ1) is 15.8. The summed E-state index contributed by atoms with van der Waals surface area (Å²) in [5.74, 6) is 0.973. The molecule has 1 aliphatic heterocycles. The lowest BCUT2D eigenvalue weighted by atomic mass is 10.1. The number of thioether (sulfide) groups is 1. The quantitative estimate of drug-likeness (QED) is 0.859. The van der Waals surface area contributed by atoms with Gasteiger partial charge in [0.2, 0.25) is 5.91 Å². The van der Waals surface area contributed by atoms with E-state index in [9.17, 15) is 4.79 Å². The summed E-state index contributed by atoms with van der Waals surface area (Å²) in [6.07, 6.45) is 0.437. The summed E-state index contributed by atoms with van der Waals surface area (Å²) in [4.78, 5) is 18.9. The van der Waals surface area contributed by atoms with Crippen molar-refractivity contribution in [2.75, 3.05) is 13.1 Å². The number of amides is 1. The molecular formula is C19H20N2OS. The minimum Gasteiger partial charge on any atom is -0.289 e. The van der Waals surface area contributed by atoms with Gasteiger partial charge in [0.1, 0.15) is 0 Å². The van der Waals surface area contributed by atoms with Crippen LogP contribution in [0.15, 0.2) is 59.6 Å². The summed E-state index contributed by atoms with van der Waals surface area (Å²) in [5, 5.41) is 0.853. The number of benzene rings is 2. The average Bonchev–Trinajstić information content (AvgIpc) is 3.02. The Hall–Kier alpha value is -2.07. The molecule has 2 aromatic carbocycles. The van der Waals surface area contributed by atoms with Crippen molar-refractivity contribution in [3.8, 4) is 0 Å². The molecule has 23 heavy (non-hydrogen) atoms. The normalized spacial score (nSPS) is 14.0. The monoisotopic (exact) mass is 324 g/mol. The maximum atomic E-state index is 12.6. The molecule has 0 radical (unpaired) electrons. The van der Waals surface area contributed by atoms with Crippen LogP contribution in [0.5, 0.6) is 0 Å².